The van der Waals surface area contributed by atoms with E-state index in [2.05, 4.69) is 20.3 Å². The molecule has 0 fully saturated rings. The average Bonchev–Trinajstić information content (AvgIpc) is 2.92. The summed E-state index contributed by atoms with van der Waals surface area (Å²) in [5.41, 5.74) is 4.54. The minimum Gasteiger partial charge on any atom is -0.443 e. The van der Waals surface area contributed by atoms with Crippen LogP contribution in [0.15, 0.2) is 35.1 Å². The smallest absolute Gasteiger partial charge is 0.181 e. The first-order chi connectivity index (χ1) is 9.76. The highest BCUT2D eigenvalue weighted by atomic mass is 16.3. The third kappa shape index (κ3) is 2.53. The minimum absolute atomic E-state index is 0.774. The predicted octanol–water partition coefficient (Wildman–Crippen LogP) is 2.36. The van der Waals surface area contributed by atoms with Gasteiger partial charge in [0.15, 0.2) is 12.0 Å². The Morgan fingerprint density at radius 2 is 2.10 bits per heavy atom. The van der Waals surface area contributed by atoms with Crippen molar-refractivity contribution in [2.75, 3.05) is 13.6 Å². The molecular weight excluding hydrogens is 252 g/mol. The van der Waals surface area contributed by atoms with Crippen molar-refractivity contribution in [3.63, 3.8) is 0 Å². The quantitative estimate of drug-likeness (QED) is 0.787. The predicted molar refractivity (Wildman–Crippen MR) is 77.4 cm³/mol. The van der Waals surface area contributed by atoms with Crippen LogP contribution in [0.5, 0.6) is 0 Å². The van der Waals surface area contributed by atoms with Crippen LogP contribution in [0, 0.1) is 6.92 Å². The average molecular weight is 268 g/mol. The van der Waals surface area contributed by atoms with E-state index in [-0.39, 0.29) is 0 Å². The molecule has 0 atom stereocenters. The van der Waals surface area contributed by atoms with Crippen LogP contribution in [0.25, 0.3) is 22.4 Å². The largest absolute Gasteiger partial charge is 0.443 e. The Bertz CT molecular complexity index is 736. The number of fused-ring (bicyclic) bond motifs is 1. The molecule has 0 radical (unpaired) electrons. The van der Waals surface area contributed by atoms with Crippen LogP contribution in [-0.2, 0) is 6.42 Å². The van der Waals surface area contributed by atoms with Crippen molar-refractivity contribution in [2.24, 2.45) is 0 Å². The fourth-order valence-electron chi connectivity index (χ4n) is 2.14. The fraction of sp³-hybridized carbons (Fsp3) is 0.267. The van der Waals surface area contributed by atoms with E-state index in [1.807, 2.05) is 38.2 Å². The van der Waals surface area contributed by atoms with Gasteiger partial charge in [-0.25, -0.2) is 15.0 Å². The van der Waals surface area contributed by atoms with E-state index < -0.39 is 0 Å². The monoisotopic (exact) mass is 268 g/mol. The number of oxazole rings is 1. The van der Waals surface area contributed by atoms with Gasteiger partial charge in [0.05, 0.1) is 5.69 Å². The molecule has 0 unspecified atom stereocenters. The van der Waals surface area contributed by atoms with Crippen molar-refractivity contribution in [3.05, 3.63) is 42.2 Å². The summed E-state index contributed by atoms with van der Waals surface area (Å²) in [6.07, 6.45) is 2.27. The van der Waals surface area contributed by atoms with Crippen molar-refractivity contribution >= 4 is 11.1 Å². The normalized spacial score (nSPS) is 11.1. The number of aryl methyl sites for hydroxylation is 1. The first-order valence-electron chi connectivity index (χ1n) is 6.59. The molecule has 5 heteroatoms. The van der Waals surface area contributed by atoms with Crippen LogP contribution < -0.4 is 5.32 Å². The van der Waals surface area contributed by atoms with Crippen molar-refractivity contribution in [1.29, 1.82) is 0 Å². The maximum atomic E-state index is 5.34. The standard InChI is InChI=1S/C15H16N4O/c1-10-7-13(19-15(18-10)5-6-16-2)11-3-4-12-14(8-11)20-9-17-12/h3-4,7-9,16H,5-6H2,1-2H3. The topological polar surface area (TPSA) is 63.8 Å². The lowest BCUT2D eigenvalue weighted by Crippen LogP contribution is -2.12. The van der Waals surface area contributed by atoms with E-state index in [4.69, 9.17) is 4.42 Å². The van der Waals surface area contributed by atoms with Gasteiger partial charge in [-0.3, -0.25) is 0 Å². The number of hydrogen-bond donors (Lipinski definition) is 1. The van der Waals surface area contributed by atoms with Gasteiger partial charge in [-0.2, -0.15) is 0 Å². The molecular formula is C15H16N4O. The lowest BCUT2D eigenvalue weighted by atomic mass is 10.1. The van der Waals surface area contributed by atoms with Crippen molar-refractivity contribution < 1.29 is 4.42 Å². The Balaban J connectivity index is 2.01. The number of benzene rings is 1. The molecule has 0 aliphatic carbocycles. The van der Waals surface area contributed by atoms with E-state index in [0.717, 1.165) is 46.8 Å². The van der Waals surface area contributed by atoms with Crippen LogP contribution in [0.1, 0.15) is 11.5 Å². The molecule has 1 aromatic carbocycles. The van der Waals surface area contributed by atoms with Crippen molar-refractivity contribution in [3.8, 4) is 11.3 Å². The van der Waals surface area contributed by atoms with Gasteiger partial charge < -0.3 is 9.73 Å². The number of nitrogens with zero attached hydrogens (tertiary/aromatic N) is 3. The van der Waals surface area contributed by atoms with Gasteiger partial charge in [0.25, 0.3) is 0 Å². The minimum atomic E-state index is 0.774. The van der Waals surface area contributed by atoms with Gasteiger partial charge >= 0.3 is 0 Å². The fourth-order valence-corrected chi connectivity index (χ4v) is 2.14. The Morgan fingerprint density at radius 3 is 2.95 bits per heavy atom. The number of likely N-dealkylation sites (N-methyl/N-ethyl adjacent to an activating group) is 1. The highest BCUT2D eigenvalue weighted by molar-refractivity contribution is 5.78. The molecule has 1 N–H and O–H groups in total. The summed E-state index contributed by atoms with van der Waals surface area (Å²) in [5.74, 6) is 0.854. The molecule has 0 saturated carbocycles. The molecule has 3 aromatic rings. The van der Waals surface area contributed by atoms with Gasteiger partial charge in [0.2, 0.25) is 0 Å². The molecule has 2 heterocycles. The van der Waals surface area contributed by atoms with E-state index in [1.165, 1.54) is 6.39 Å². The summed E-state index contributed by atoms with van der Waals surface area (Å²) < 4.78 is 5.34. The van der Waals surface area contributed by atoms with Gasteiger partial charge in [0, 0.05) is 24.2 Å². The van der Waals surface area contributed by atoms with E-state index >= 15 is 0 Å². The molecule has 0 spiro atoms. The summed E-state index contributed by atoms with van der Waals surface area (Å²) in [7, 11) is 1.93. The van der Waals surface area contributed by atoms with Crippen LogP contribution >= 0.6 is 0 Å². The maximum Gasteiger partial charge on any atom is 0.181 e. The summed E-state index contributed by atoms with van der Waals surface area (Å²) in [6.45, 7) is 2.85. The Kier molecular flexibility index (Phi) is 3.43. The van der Waals surface area contributed by atoms with E-state index in [1.54, 1.807) is 0 Å². The second kappa shape index (κ2) is 5.38. The zero-order valence-electron chi connectivity index (χ0n) is 11.6. The third-order valence-electron chi connectivity index (χ3n) is 3.13. The summed E-state index contributed by atoms with van der Waals surface area (Å²) in [6, 6.07) is 7.90. The summed E-state index contributed by atoms with van der Waals surface area (Å²) in [5, 5.41) is 3.11. The molecule has 102 valence electrons. The van der Waals surface area contributed by atoms with Gasteiger partial charge in [-0.15, -0.1) is 0 Å². The molecule has 0 saturated heterocycles. The highest BCUT2D eigenvalue weighted by Crippen LogP contribution is 2.23. The van der Waals surface area contributed by atoms with Crippen molar-refractivity contribution in [1.82, 2.24) is 20.3 Å². The van der Waals surface area contributed by atoms with Crippen molar-refractivity contribution in [2.45, 2.75) is 13.3 Å². The molecule has 0 aliphatic rings. The van der Waals surface area contributed by atoms with E-state index in [9.17, 15) is 0 Å². The zero-order valence-corrected chi connectivity index (χ0v) is 11.6. The molecule has 0 aliphatic heterocycles. The molecule has 0 amide bonds. The van der Waals surface area contributed by atoms with Gasteiger partial charge in [-0.1, -0.05) is 6.07 Å². The lowest BCUT2D eigenvalue weighted by molar-refractivity contribution is 0.602. The van der Waals surface area contributed by atoms with E-state index in [0.29, 0.717) is 0 Å². The summed E-state index contributed by atoms with van der Waals surface area (Å²) >= 11 is 0. The Hall–Kier alpha value is -2.27. The Morgan fingerprint density at radius 1 is 1.20 bits per heavy atom. The number of hydrogen-bond acceptors (Lipinski definition) is 5. The number of rotatable bonds is 4. The first-order valence-corrected chi connectivity index (χ1v) is 6.59. The third-order valence-corrected chi connectivity index (χ3v) is 3.13. The maximum absolute atomic E-state index is 5.34. The molecule has 0 bridgehead atoms. The zero-order chi connectivity index (χ0) is 13.9. The van der Waals surface area contributed by atoms with Crippen LogP contribution in [0.3, 0.4) is 0 Å². The summed E-state index contributed by atoms with van der Waals surface area (Å²) in [4.78, 5) is 13.2. The van der Waals surface area contributed by atoms with Gasteiger partial charge in [0.1, 0.15) is 11.3 Å². The van der Waals surface area contributed by atoms with Gasteiger partial charge in [-0.05, 0) is 32.2 Å². The SMILES string of the molecule is CNCCc1nc(C)cc(-c2ccc3ncoc3c2)n1. The molecule has 20 heavy (non-hydrogen) atoms. The number of nitrogens with one attached hydrogen (secondary N) is 1. The van der Waals surface area contributed by atoms with Crippen LogP contribution in [-0.4, -0.2) is 28.5 Å². The molecule has 5 nitrogen and oxygen atoms in total. The molecule has 3 rings (SSSR count). The molecule has 2 aromatic heterocycles. The first kappa shape index (κ1) is 12.7. The second-order valence-corrected chi connectivity index (χ2v) is 4.70. The number of aromatic nitrogens is 3. The Labute approximate surface area is 117 Å². The second-order valence-electron chi connectivity index (χ2n) is 4.70. The van der Waals surface area contributed by atoms with Crippen LogP contribution in [0.2, 0.25) is 0 Å². The highest BCUT2D eigenvalue weighted by Gasteiger charge is 2.07. The van der Waals surface area contributed by atoms with Crippen LogP contribution in [0.4, 0.5) is 0 Å². The lowest BCUT2D eigenvalue weighted by Gasteiger charge is -2.06.